The van der Waals surface area contributed by atoms with Crippen LogP contribution in [0.5, 0.6) is 5.88 Å². The number of carbonyl (C=O) groups is 1. The molecular formula is C22H19N5O4. The van der Waals surface area contributed by atoms with Gasteiger partial charge in [0.1, 0.15) is 18.0 Å². The summed E-state index contributed by atoms with van der Waals surface area (Å²) in [7, 11) is 0. The van der Waals surface area contributed by atoms with Crippen molar-refractivity contribution in [2.24, 2.45) is 0 Å². The molecule has 3 aromatic heterocycles. The Balaban J connectivity index is 1.29. The van der Waals surface area contributed by atoms with Crippen LogP contribution in [0.4, 0.5) is 0 Å². The minimum Gasteiger partial charge on any atom is -0.475 e. The van der Waals surface area contributed by atoms with Crippen molar-refractivity contribution in [2.45, 2.75) is 6.54 Å². The van der Waals surface area contributed by atoms with E-state index in [1.807, 2.05) is 30.3 Å². The van der Waals surface area contributed by atoms with Crippen molar-refractivity contribution >= 4 is 5.91 Å². The highest BCUT2D eigenvalue weighted by Crippen LogP contribution is 2.17. The molecule has 156 valence electrons. The number of aromatic nitrogens is 4. The monoisotopic (exact) mass is 417 g/mol. The molecule has 31 heavy (non-hydrogen) atoms. The van der Waals surface area contributed by atoms with Crippen molar-refractivity contribution in [3.63, 3.8) is 0 Å². The second-order valence-corrected chi connectivity index (χ2v) is 6.54. The van der Waals surface area contributed by atoms with Gasteiger partial charge in [-0.25, -0.2) is 4.68 Å². The number of nitrogens with one attached hydrogen (secondary N) is 1. The molecule has 4 aromatic rings. The molecule has 9 heteroatoms. The van der Waals surface area contributed by atoms with Gasteiger partial charge in [0.15, 0.2) is 5.76 Å². The van der Waals surface area contributed by atoms with E-state index in [4.69, 9.17) is 9.15 Å². The number of amides is 1. The molecule has 0 spiro atoms. The van der Waals surface area contributed by atoms with Gasteiger partial charge in [-0.05, 0) is 29.8 Å². The van der Waals surface area contributed by atoms with E-state index in [1.165, 1.54) is 16.8 Å². The molecule has 0 fully saturated rings. The molecule has 3 heterocycles. The summed E-state index contributed by atoms with van der Waals surface area (Å²) in [5.41, 5.74) is 1.39. The number of benzene rings is 1. The van der Waals surface area contributed by atoms with Gasteiger partial charge in [-0.3, -0.25) is 9.59 Å². The van der Waals surface area contributed by atoms with E-state index in [1.54, 1.807) is 30.5 Å². The number of furan rings is 1. The first-order valence-electron chi connectivity index (χ1n) is 9.60. The maximum absolute atomic E-state index is 12.4. The molecule has 0 saturated heterocycles. The number of nitrogens with zero attached hydrogens (tertiary/aromatic N) is 4. The number of rotatable bonds is 8. The van der Waals surface area contributed by atoms with E-state index < -0.39 is 5.91 Å². The third kappa shape index (κ3) is 5.21. The first kappa shape index (κ1) is 20.0. The van der Waals surface area contributed by atoms with Gasteiger partial charge in [0, 0.05) is 12.1 Å². The Bertz CT molecular complexity index is 1190. The second-order valence-electron chi connectivity index (χ2n) is 6.54. The fourth-order valence-electron chi connectivity index (χ4n) is 2.80. The SMILES string of the molecule is O=C(NCCOc1ccc(-c2ccco2)nn1)c1ccc(=O)n(Cc2ccccc2)n1. The number of carbonyl (C=O) groups excluding carboxylic acids is 1. The van der Waals surface area contributed by atoms with Crippen molar-refractivity contribution in [2.75, 3.05) is 13.2 Å². The van der Waals surface area contributed by atoms with Crippen LogP contribution in [-0.4, -0.2) is 39.0 Å². The average molecular weight is 417 g/mol. The summed E-state index contributed by atoms with van der Waals surface area (Å²) in [6.45, 7) is 0.723. The lowest BCUT2D eigenvalue weighted by Crippen LogP contribution is -2.32. The molecule has 0 unspecified atom stereocenters. The molecule has 9 nitrogen and oxygen atoms in total. The highest BCUT2D eigenvalue weighted by atomic mass is 16.5. The number of ether oxygens (including phenoxy) is 1. The summed E-state index contributed by atoms with van der Waals surface area (Å²) in [6, 6.07) is 19.1. The minimum atomic E-state index is -0.398. The first-order valence-corrected chi connectivity index (χ1v) is 9.60. The summed E-state index contributed by atoms with van der Waals surface area (Å²) in [5, 5.41) is 14.9. The highest BCUT2D eigenvalue weighted by molar-refractivity contribution is 5.91. The Morgan fingerprint density at radius 1 is 1.00 bits per heavy atom. The first-order chi connectivity index (χ1) is 15.2. The molecule has 0 radical (unpaired) electrons. The third-order valence-corrected chi connectivity index (χ3v) is 4.33. The van der Waals surface area contributed by atoms with E-state index in [-0.39, 0.29) is 30.9 Å². The van der Waals surface area contributed by atoms with Gasteiger partial charge in [0.05, 0.1) is 19.4 Å². The molecule has 0 bridgehead atoms. The summed E-state index contributed by atoms with van der Waals surface area (Å²) in [5.74, 6) is 0.552. The van der Waals surface area contributed by atoms with Gasteiger partial charge < -0.3 is 14.5 Å². The van der Waals surface area contributed by atoms with Crippen LogP contribution in [-0.2, 0) is 6.54 Å². The lowest BCUT2D eigenvalue weighted by molar-refractivity contribution is 0.0939. The van der Waals surface area contributed by atoms with Crippen LogP contribution in [0, 0.1) is 0 Å². The zero-order valence-electron chi connectivity index (χ0n) is 16.5. The van der Waals surface area contributed by atoms with Gasteiger partial charge in [0.2, 0.25) is 5.88 Å². The third-order valence-electron chi connectivity index (χ3n) is 4.33. The molecule has 0 aliphatic carbocycles. The van der Waals surface area contributed by atoms with Crippen LogP contribution in [0.15, 0.2) is 82.2 Å². The maximum atomic E-state index is 12.4. The van der Waals surface area contributed by atoms with E-state index in [9.17, 15) is 9.59 Å². The van der Waals surface area contributed by atoms with E-state index in [0.717, 1.165) is 5.56 Å². The molecule has 1 amide bonds. The lowest BCUT2D eigenvalue weighted by atomic mass is 10.2. The summed E-state index contributed by atoms with van der Waals surface area (Å²) in [6.07, 6.45) is 1.56. The molecule has 1 aromatic carbocycles. The maximum Gasteiger partial charge on any atom is 0.271 e. The summed E-state index contributed by atoms with van der Waals surface area (Å²) < 4.78 is 12.0. The van der Waals surface area contributed by atoms with Crippen molar-refractivity contribution in [1.29, 1.82) is 0 Å². The standard InChI is InChI=1S/C22H19N5O4/c28-21-11-9-18(26-27(21)15-16-5-2-1-3-6-16)22(29)23-12-14-31-20-10-8-17(24-25-20)19-7-4-13-30-19/h1-11,13H,12,14-15H2,(H,23,29). The van der Waals surface area contributed by atoms with Crippen LogP contribution in [0.25, 0.3) is 11.5 Å². The fraction of sp³-hybridized carbons (Fsp3) is 0.136. The van der Waals surface area contributed by atoms with Gasteiger partial charge in [0.25, 0.3) is 11.5 Å². The number of hydrogen-bond donors (Lipinski definition) is 1. The smallest absolute Gasteiger partial charge is 0.271 e. The Morgan fingerprint density at radius 3 is 2.61 bits per heavy atom. The van der Waals surface area contributed by atoms with Crippen LogP contribution < -0.4 is 15.6 Å². The zero-order chi connectivity index (χ0) is 21.5. The van der Waals surface area contributed by atoms with Gasteiger partial charge >= 0.3 is 0 Å². The molecular weight excluding hydrogens is 398 g/mol. The Hall–Kier alpha value is -4.27. The van der Waals surface area contributed by atoms with Crippen LogP contribution in [0.2, 0.25) is 0 Å². The van der Waals surface area contributed by atoms with Crippen LogP contribution >= 0.6 is 0 Å². The Morgan fingerprint density at radius 2 is 1.87 bits per heavy atom. The normalized spacial score (nSPS) is 10.6. The van der Waals surface area contributed by atoms with Crippen molar-refractivity contribution in [1.82, 2.24) is 25.3 Å². The summed E-state index contributed by atoms with van der Waals surface area (Å²) >= 11 is 0. The quantitative estimate of drug-likeness (QED) is 0.437. The molecule has 4 rings (SSSR count). The lowest BCUT2D eigenvalue weighted by Gasteiger charge is -2.09. The molecule has 0 aliphatic heterocycles. The minimum absolute atomic E-state index is 0.151. The molecule has 0 atom stereocenters. The van der Waals surface area contributed by atoms with Crippen molar-refractivity contribution in [3.05, 3.63) is 94.6 Å². The van der Waals surface area contributed by atoms with Gasteiger partial charge in [-0.2, -0.15) is 5.10 Å². The van der Waals surface area contributed by atoms with Crippen molar-refractivity contribution in [3.8, 4) is 17.3 Å². The number of hydrogen-bond acceptors (Lipinski definition) is 7. The topological polar surface area (TPSA) is 112 Å². The Labute approximate surface area is 177 Å². The van der Waals surface area contributed by atoms with Gasteiger partial charge in [-0.15, -0.1) is 10.2 Å². The van der Waals surface area contributed by atoms with E-state index >= 15 is 0 Å². The predicted molar refractivity (Wildman–Crippen MR) is 112 cm³/mol. The van der Waals surface area contributed by atoms with Crippen LogP contribution in [0.3, 0.4) is 0 Å². The fourth-order valence-corrected chi connectivity index (χ4v) is 2.80. The van der Waals surface area contributed by atoms with Crippen LogP contribution in [0.1, 0.15) is 16.1 Å². The molecule has 1 N–H and O–H groups in total. The second kappa shape index (κ2) is 9.49. The van der Waals surface area contributed by atoms with Crippen molar-refractivity contribution < 1.29 is 13.9 Å². The largest absolute Gasteiger partial charge is 0.475 e. The average Bonchev–Trinajstić information content (AvgIpc) is 3.34. The predicted octanol–water partition coefficient (Wildman–Crippen LogP) is 2.15. The molecule has 0 saturated carbocycles. The van der Waals surface area contributed by atoms with E-state index in [0.29, 0.717) is 17.3 Å². The van der Waals surface area contributed by atoms with Gasteiger partial charge in [-0.1, -0.05) is 30.3 Å². The summed E-state index contributed by atoms with van der Waals surface area (Å²) in [4.78, 5) is 24.4. The zero-order valence-corrected chi connectivity index (χ0v) is 16.5. The Kier molecular flexibility index (Phi) is 6.13. The van der Waals surface area contributed by atoms with E-state index in [2.05, 4.69) is 20.6 Å². The molecule has 0 aliphatic rings. The highest BCUT2D eigenvalue weighted by Gasteiger charge is 2.10.